The van der Waals surface area contributed by atoms with Crippen LogP contribution in [0.2, 0.25) is 0 Å². The fraction of sp³-hybridized carbons (Fsp3) is 0. The Bertz CT molecular complexity index is 42.3. The van der Waals surface area contributed by atoms with E-state index in [1.54, 1.807) is 0 Å². The summed E-state index contributed by atoms with van der Waals surface area (Å²) in [6.07, 6.45) is 0. The van der Waals surface area contributed by atoms with Gasteiger partial charge in [-0.2, -0.15) is 0 Å². The average Bonchev–Trinajstić information content (AvgIpc) is 0.811. The summed E-state index contributed by atoms with van der Waals surface area (Å²) in [5, 5.41) is 0. The second kappa shape index (κ2) is 15.8. The van der Waals surface area contributed by atoms with E-state index in [4.69, 9.17) is 14.1 Å². The van der Waals surface area contributed by atoms with E-state index in [0.29, 0.717) is 0 Å². The molecule has 0 aromatic rings. The van der Waals surface area contributed by atoms with Crippen molar-refractivity contribution in [1.29, 1.82) is 0 Å². The molecule has 0 aromatic carbocycles. The smallest absolute Gasteiger partial charge is 1.00 e. The molecule has 0 rings (SSSR count). The van der Waals surface area contributed by atoms with Crippen LogP contribution in [0.4, 0.5) is 0 Å². The molecule has 1 radical (unpaired) electrons. The Morgan fingerprint density at radius 2 is 1.43 bits per heavy atom. The van der Waals surface area contributed by atoms with Crippen LogP contribution in [-0.2, 0) is 56.5 Å². The van der Waals surface area contributed by atoms with Crippen LogP contribution in [0.15, 0.2) is 0 Å². The summed E-state index contributed by atoms with van der Waals surface area (Å²) in [6.45, 7) is 0. The van der Waals surface area contributed by atoms with Crippen LogP contribution in [0.25, 0.3) is 0 Å². The molecule has 7 heavy (non-hydrogen) atoms. The Morgan fingerprint density at radius 3 is 1.43 bits per heavy atom. The van der Waals surface area contributed by atoms with Gasteiger partial charge in [0.2, 0.25) is 0 Å². The Labute approximate surface area is 104 Å². The molecule has 0 aliphatic carbocycles. The Balaban J connectivity index is -0.00000000750. The summed E-state index contributed by atoms with van der Waals surface area (Å²) in [6, 6.07) is 0. The third-order valence-electron chi connectivity index (χ3n) is 0. The molecule has 0 saturated carbocycles. The van der Waals surface area contributed by atoms with Crippen molar-refractivity contribution in [3.05, 3.63) is 0 Å². The van der Waals surface area contributed by atoms with Gasteiger partial charge in [-0.3, -0.25) is 4.46 Å². The summed E-state index contributed by atoms with van der Waals surface area (Å²) < 4.78 is 8.74. The van der Waals surface area contributed by atoms with Crippen molar-refractivity contribution in [3.63, 3.8) is 0 Å². The van der Waals surface area contributed by atoms with Crippen LogP contribution < -0.4 is 29.6 Å². The van der Waals surface area contributed by atoms with E-state index < -0.39 is 9.17 Å². The van der Waals surface area contributed by atoms with Gasteiger partial charge in [0.05, 0.1) is 0 Å². The molecular formula is H3NaO3ScSiZr. The van der Waals surface area contributed by atoms with Crippen LogP contribution in [0.3, 0.4) is 0 Å². The average molecular weight is 238 g/mol. The van der Waals surface area contributed by atoms with Crippen LogP contribution in [0.1, 0.15) is 1.43 Å². The van der Waals surface area contributed by atoms with Crippen molar-refractivity contribution in [2.45, 2.75) is 0 Å². The second-order valence-corrected chi connectivity index (χ2v) is 0.848. The minimum Gasteiger partial charge on any atom is -1.00 e. The molecule has 0 amide bonds. The molecule has 0 fully saturated rings. The molecular weight excluding hydrogens is 235 g/mol. The van der Waals surface area contributed by atoms with E-state index in [1.807, 2.05) is 0 Å². The molecule has 3 nitrogen and oxygen atoms in total. The first kappa shape index (κ1) is 22.8. The fourth-order valence-corrected chi connectivity index (χ4v) is 0. The Hall–Kier alpha value is 2.37. The first-order valence-electron chi connectivity index (χ1n) is 0.651. The second-order valence-electron chi connectivity index (χ2n) is 0.283. The van der Waals surface area contributed by atoms with Gasteiger partial charge in [0.25, 0.3) is 0 Å². The minimum absolute atomic E-state index is 0. The Kier molecular flexibility index (Phi) is 51.3. The molecule has 0 heterocycles. The molecule has 0 atom stereocenters. The van der Waals surface area contributed by atoms with Gasteiger partial charge in [0, 0.05) is 52.0 Å². The number of hydrogen-bond acceptors (Lipinski definition) is 1. The van der Waals surface area contributed by atoms with E-state index >= 15 is 0 Å². The molecule has 2 N–H and O–H groups in total. The first-order chi connectivity index (χ1) is 1.73. The fourth-order valence-electron chi connectivity index (χ4n) is 0. The van der Waals surface area contributed by atoms with Gasteiger partial charge in [-0.05, 0) is 0 Å². The van der Waals surface area contributed by atoms with Gasteiger partial charge in [0.15, 0.2) is 0 Å². The summed E-state index contributed by atoms with van der Waals surface area (Å²) in [4.78, 5) is 14.3. The largest absolute Gasteiger partial charge is 1.00 e. The molecule has 0 bridgehead atoms. The zero-order chi connectivity index (χ0) is 3.58. The Morgan fingerprint density at radius 1 is 1.43 bits per heavy atom. The molecule has 0 saturated heterocycles. The van der Waals surface area contributed by atoms with Gasteiger partial charge < -0.3 is 11.0 Å². The maximum atomic E-state index is 8.74. The SMILES string of the molecule is O=[Si](O)O.[H-].[Na+].[Sc].[Zr]. The van der Waals surface area contributed by atoms with Crippen molar-refractivity contribution in [3.8, 4) is 0 Å². The van der Waals surface area contributed by atoms with E-state index in [-0.39, 0.29) is 83.0 Å². The van der Waals surface area contributed by atoms with Crippen LogP contribution in [0.5, 0.6) is 0 Å². The molecule has 7 heteroatoms. The van der Waals surface area contributed by atoms with Gasteiger partial charge in [-0.25, -0.2) is 0 Å². The van der Waals surface area contributed by atoms with E-state index in [0.717, 1.165) is 0 Å². The summed E-state index contributed by atoms with van der Waals surface area (Å²) in [5.41, 5.74) is 0. The van der Waals surface area contributed by atoms with Gasteiger partial charge >= 0.3 is 38.7 Å². The van der Waals surface area contributed by atoms with Crippen LogP contribution in [0, 0.1) is 0 Å². The van der Waals surface area contributed by atoms with Crippen molar-refractivity contribution in [2.24, 2.45) is 0 Å². The number of hydrogen-bond donors (Lipinski definition) is 2. The summed E-state index contributed by atoms with van der Waals surface area (Å²) in [5.74, 6) is 0. The number of rotatable bonds is 0. The molecule has 0 unspecified atom stereocenters. The topological polar surface area (TPSA) is 57.5 Å². The van der Waals surface area contributed by atoms with Gasteiger partial charge in [0.1, 0.15) is 0 Å². The van der Waals surface area contributed by atoms with E-state index in [1.165, 1.54) is 0 Å². The predicted octanol–water partition coefficient (Wildman–Crippen LogP) is -4.50. The third-order valence-corrected chi connectivity index (χ3v) is 0. The quantitative estimate of drug-likeness (QED) is 0.418. The maximum Gasteiger partial charge on any atom is 1.00 e. The third kappa shape index (κ3) is 60.5. The summed E-state index contributed by atoms with van der Waals surface area (Å²) >= 11 is 0. The predicted molar refractivity (Wildman–Crippen MR) is 12.0 cm³/mol. The zero-order valence-corrected chi connectivity index (χ0v) is 11.1. The zero-order valence-electron chi connectivity index (χ0n) is 4.88. The first-order valence-corrected chi connectivity index (χ1v) is 1.95. The molecule has 0 spiro atoms. The molecule has 0 aliphatic heterocycles. The van der Waals surface area contributed by atoms with Crippen molar-refractivity contribution >= 4 is 9.17 Å². The van der Waals surface area contributed by atoms with E-state index in [9.17, 15) is 0 Å². The minimum atomic E-state index is -3.13. The van der Waals surface area contributed by atoms with Gasteiger partial charge in [-0.15, -0.1) is 0 Å². The maximum absolute atomic E-state index is 8.74. The molecule has 0 aliphatic rings. The van der Waals surface area contributed by atoms with Crippen molar-refractivity contribution in [1.82, 2.24) is 0 Å². The van der Waals surface area contributed by atoms with Crippen molar-refractivity contribution < 1.29 is 97.1 Å². The van der Waals surface area contributed by atoms with E-state index in [2.05, 4.69) is 0 Å². The monoisotopic (exact) mass is 237 g/mol. The van der Waals surface area contributed by atoms with Gasteiger partial charge in [-0.1, -0.05) is 0 Å². The summed E-state index contributed by atoms with van der Waals surface area (Å²) in [7, 11) is -3.13. The normalized spacial score (nSPS) is 3.43. The van der Waals surface area contributed by atoms with Crippen molar-refractivity contribution in [2.75, 3.05) is 0 Å². The van der Waals surface area contributed by atoms with Crippen LogP contribution >= 0.6 is 0 Å². The standard InChI is InChI=1S/Na.H2O3Si.Sc.Zr.H/c;1-4(2)3;;;/h;1-2H;;;/q+1;;;;-1. The molecule has 33 valence electrons. The van der Waals surface area contributed by atoms with Crippen LogP contribution in [-0.4, -0.2) is 18.8 Å². The molecule has 0 aromatic heterocycles.